The topological polar surface area (TPSA) is 84.9 Å². The number of ether oxygens (including phenoxy) is 2. The van der Waals surface area contributed by atoms with E-state index in [2.05, 4.69) is 21.2 Å². The van der Waals surface area contributed by atoms with Crippen LogP contribution in [-0.2, 0) is 16.2 Å². The van der Waals surface area contributed by atoms with Crippen LogP contribution in [0, 0.1) is 0 Å². The van der Waals surface area contributed by atoms with Gasteiger partial charge in [-0.05, 0) is 101 Å². The number of carbonyl (C=O) groups excluding carboxylic acids is 3. The van der Waals surface area contributed by atoms with Gasteiger partial charge in [0.1, 0.15) is 13.2 Å². The monoisotopic (exact) mass is 680 g/mol. The molecule has 1 N–H and O–H groups in total. The Kier molecular flexibility index (Phi) is 10.5. The molecule has 3 aromatic carbocycles. The van der Waals surface area contributed by atoms with Gasteiger partial charge in [0.25, 0.3) is 11.1 Å². The molecule has 1 aliphatic heterocycles. The molecule has 1 saturated heterocycles. The zero-order chi connectivity index (χ0) is 28.8. The minimum atomic E-state index is -0.544. The fraction of sp³-hybridized carbons (Fsp3) is 0.179. The van der Waals surface area contributed by atoms with Crippen molar-refractivity contribution in [3.8, 4) is 11.5 Å². The number of hydrogen-bond acceptors (Lipinski definition) is 7. The molecular formula is C28H23BrCl2N2O5S2. The predicted octanol–water partition coefficient (Wildman–Crippen LogP) is 8.13. The molecule has 3 aromatic rings. The van der Waals surface area contributed by atoms with E-state index in [4.69, 9.17) is 32.7 Å². The van der Waals surface area contributed by atoms with Crippen molar-refractivity contribution >= 4 is 91.5 Å². The molecule has 0 spiro atoms. The number of nitrogens with one attached hydrogen (secondary N) is 1. The van der Waals surface area contributed by atoms with Gasteiger partial charge in [0.15, 0.2) is 11.5 Å². The highest BCUT2D eigenvalue weighted by Crippen LogP contribution is 2.40. The van der Waals surface area contributed by atoms with Crippen molar-refractivity contribution < 1.29 is 23.9 Å². The van der Waals surface area contributed by atoms with Crippen LogP contribution in [0.3, 0.4) is 0 Å². The minimum absolute atomic E-state index is 0.195. The van der Waals surface area contributed by atoms with Gasteiger partial charge < -0.3 is 14.8 Å². The summed E-state index contributed by atoms with van der Waals surface area (Å²) in [5.74, 6) is -0.0849. The molecule has 0 radical (unpaired) electrons. The number of nitrogens with zero attached hydrogens (tertiary/aromatic N) is 1. The summed E-state index contributed by atoms with van der Waals surface area (Å²) in [6.45, 7) is 2.06. The quantitative estimate of drug-likeness (QED) is 0.171. The Balaban J connectivity index is 1.48. The van der Waals surface area contributed by atoms with Gasteiger partial charge in [0.2, 0.25) is 5.91 Å². The third-order valence-corrected chi connectivity index (χ3v) is 8.49. The van der Waals surface area contributed by atoms with Gasteiger partial charge >= 0.3 is 0 Å². The summed E-state index contributed by atoms with van der Waals surface area (Å²) >= 11 is 17.9. The Morgan fingerprint density at radius 3 is 2.62 bits per heavy atom. The average molecular weight is 682 g/mol. The lowest BCUT2D eigenvalue weighted by Gasteiger charge is -2.15. The summed E-state index contributed by atoms with van der Waals surface area (Å²) in [6, 6.07) is 16.0. The Morgan fingerprint density at radius 1 is 1.10 bits per heavy atom. The molecule has 1 heterocycles. The van der Waals surface area contributed by atoms with Crippen LogP contribution in [0.2, 0.25) is 10.0 Å². The second-order valence-electron chi connectivity index (χ2n) is 8.35. The van der Waals surface area contributed by atoms with Crippen molar-refractivity contribution in [1.82, 2.24) is 4.90 Å². The summed E-state index contributed by atoms with van der Waals surface area (Å²) in [4.78, 5) is 40.3. The SMILES string of the molecule is CCOc1cc(/C=C2/SC(=O)N(CC(=O)Nc3cccc(SC)c3)C2=O)cc(Br)c1OCc1ccc(Cl)c(Cl)c1. The Morgan fingerprint density at radius 2 is 1.90 bits per heavy atom. The molecule has 4 rings (SSSR count). The number of carbonyl (C=O) groups is 3. The molecule has 208 valence electrons. The largest absolute Gasteiger partial charge is 0.490 e. The molecule has 0 aliphatic carbocycles. The molecule has 7 nitrogen and oxygen atoms in total. The van der Waals surface area contributed by atoms with Crippen LogP contribution in [0.5, 0.6) is 11.5 Å². The first-order chi connectivity index (χ1) is 19.2. The number of hydrogen-bond donors (Lipinski definition) is 1. The second-order valence-corrected chi connectivity index (χ2v) is 11.9. The van der Waals surface area contributed by atoms with Crippen molar-refractivity contribution in [1.29, 1.82) is 0 Å². The van der Waals surface area contributed by atoms with E-state index in [1.807, 2.05) is 37.4 Å². The first-order valence-corrected chi connectivity index (χ1v) is 15.5. The van der Waals surface area contributed by atoms with Crippen molar-refractivity contribution in [2.45, 2.75) is 18.4 Å². The molecule has 0 unspecified atom stereocenters. The molecule has 0 bridgehead atoms. The summed E-state index contributed by atoms with van der Waals surface area (Å²) in [5, 5.41) is 3.10. The summed E-state index contributed by atoms with van der Waals surface area (Å²) < 4.78 is 12.4. The number of anilines is 1. The zero-order valence-corrected chi connectivity index (χ0v) is 26.1. The van der Waals surface area contributed by atoms with Crippen LogP contribution in [0.1, 0.15) is 18.1 Å². The maximum Gasteiger partial charge on any atom is 0.294 e. The summed E-state index contributed by atoms with van der Waals surface area (Å²) in [7, 11) is 0. The number of imide groups is 1. The van der Waals surface area contributed by atoms with Crippen molar-refractivity contribution in [3.05, 3.63) is 85.1 Å². The number of thioether (sulfide) groups is 2. The van der Waals surface area contributed by atoms with E-state index in [-0.39, 0.29) is 18.1 Å². The molecule has 0 aromatic heterocycles. The van der Waals surface area contributed by atoms with Gasteiger partial charge in [0, 0.05) is 10.6 Å². The highest BCUT2D eigenvalue weighted by molar-refractivity contribution is 9.10. The third kappa shape index (κ3) is 7.55. The normalized spacial score (nSPS) is 14.1. The van der Waals surface area contributed by atoms with Gasteiger partial charge in [-0.2, -0.15) is 0 Å². The van der Waals surface area contributed by atoms with Crippen LogP contribution in [-0.4, -0.2) is 41.4 Å². The van der Waals surface area contributed by atoms with E-state index >= 15 is 0 Å². The van der Waals surface area contributed by atoms with Crippen LogP contribution in [0.4, 0.5) is 10.5 Å². The molecular weight excluding hydrogens is 659 g/mol. The van der Waals surface area contributed by atoms with E-state index in [9.17, 15) is 14.4 Å². The number of rotatable bonds is 10. The Labute approximate surface area is 258 Å². The van der Waals surface area contributed by atoms with Gasteiger partial charge in [-0.15, -0.1) is 11.8 Å². The lowest BCUT2D eigenvalue weighted by atomic mass is 10.1. The molecule has 3 amide bonds. The van der Waals surface area contributed by atoms with Gasteiger partial charge in [-0.1, -0.05) is 35.3 Å². The molecule has 0 saturated carbocycles. The lowest BCUT2D eigenvalue weighted by Crippen LogP contribution is -2.36. The standard InChI is InChI=1S/C28H23BrCl2N2O5S2/c1-3-37-23-11-17(9-20(29)26(23)38-15-16-7-8-21(30)22(31)10-16)12-24-27(35)33(28(36)40-24)14-25(34)32-18-5-4-6-19(13-18)39-2/h4-13H,3,14-15H2,1-2H3,(H,32,34)/b24-12+. The smallest absolute Gasteiger partial charge is 0.294 e. The highest BCUT2D eigenvalue weighted by Gasteiger charge is 2.36. The maximum atomic E-state index is 13.0. The first-order valence-electron chi connectivity index (χ1n) is 11.9. The van der Waals surface area contributed by atoms with Crippen molar-refractivity contribution in [3.63, 3.8) is 0 Å². The van der Waals surface area contributed by atoms with Gasteiger partial charge in [0.05, 0.1) is 26.0 Å². The van der Waals surface area contributed by atoms with Crippen LogP contribution < -0.4 is 14.8 Å². The minimum Gasteiger partial charge on any atom is -0.490 e. The van der Waals surface area contributed by atoms with Crippen LogP contribution in [0.15, 0.2) is 68.9 Å². The molecule has 1 aliphatic rings. The van der Waals surface area contributed by atoms with Crippen molar-refractivity contribution in [2.24, 2.45) is 0 Å². The Hall–Kier alpha value is -2.63. The van der Waals surface area contributed by atoms with E-state index in [0.29, 0.717) is 43.9 Å². The van der Waals surface area contributed by atoms with E-state index in [1.54, 1.807) is 48.2 Å². The van der Waals surface area contributed by atoms with Crippen molar-refractivity contribution in [2.75, 3.05) is 24.7 Å². The molecule has 12 heteroatoms. The fourth-order valence-electron chi connectivity index (χ4n) is 3.69. The predicted molar refractivity (Wildman–Crippen MR) is 166 cm³/mol. The molecule has 40 heavy (non-hydrogen) atoms. The maximum absolute atomic E-state index is 13.0. The van der Waals surface area contributed by atoms with Gasteiger partial charge in [-0.25, -0.2) is 0 Å². The molecule has 0 atom stereocenters. The zero-order valence-electron chi connectivity index (χ0n) is 21.3. The highest BCUT2D eigenvalue weighted by atomic mass is 79.9. The van der Waals surface area contributed by atoms with E-state index in [1.165, 1.54) is 0 Å². The van der Waals surface area contributed by atoms with Gasteiger partial charge in [-0.3, -0.25) is 19.3 Å². The van der Waals surface area contributed by atoms with Crippen LogP contribution in [0.25, 0.3) is 6.08 Å². The first kappa shape index (κ1) is 30.3. The lowest BCUT2D eigenvalue weighted by molar-refractivity contribution is -0.127. The summed E-state index contributed by atoms with van der Waals surface area (Å²) in [5.41, 5.74) is 2.03. The molecule has 1 fully saturated rings. The number of amides is 3. The fourth-order valence-corrected chi connectivity index (χ4v) is 5.88. The average Bonchev–Trinajstić information content (AvgIpc) is 3.17. The third-order valence-electron chi connectivity index (χ3n) is 5.53. The van der Waals surface area contributed by atoms with E-state index < -0.39 is 17.1 Å². The summed E-state index contributed by atoms with van der Waals surface area (Å²) in [6.07, 6.45) is 3.52. The Bertz CT molecular complexity index is 1500. The number of halogens is 3. The number of benzene rings is 3. The second kappa shape index (κ2) is 13.8. The van der Waals surface area contributed by atoms with E-state index in [0.717, 1.165) is 27.1 Å². The van der Waals surface area contributed by atoms with Crippen LogP contribution >= 0.6 is 62.7 Å².